The summed E-state index contributed by atoms with van der Waals surface area (Å²) in [6.07, 6.45) is 1.59. The standard InChI is InChI=1S/C15H19N3/c1-12-9-14(18-11-17-12)16-10-15(2,3)13-7-5-4-6-8-13/h4-9,11H,10H2,1-3H3,(H,16,17,18). The summed E-state index contributed by atoms with van der Waals surface area (Å²) in [6, 6.07) is 12.5. The molecule has 0 aliphatic rings. The highest BCUT2D eigenvalue weighted by Crippen LogP contribution is 2.23. The molecular weight excluding hydrogens is 222 g/mol. The Bertz CT molecular complexity index is 506. The van der Waals surface area contributed by atoms with Gasteiger partial charge in [0.15, 0.2) is 0 Å². The van der Waals surface area contributed by atoms with Crippen molar-refractivity contribution in [2.75, 3.05) is 11.9 Å². The van der Waals surface area contributed by atoms with E-state index in [0.717, 1.165) is 18.1 Å². The SMILES string of the molecule is Cc1cc(NCC(C)(C)c2ccccc2)ncn1. The largest absolute Gasteiger partial charge is 0.369 e. The van der Waals surface area contributed by atoms with Gasteiger partial charge in [-0.2, -0.15) is 0 Å². The fourth-order valence-electron chi connectivity index (χ4n) is 1.85. The van der Waals surface area contributed by atoms with Crippen molar-refractivity contribution in [1.82, 2.24) is 9.97 Å². The lowest BCUT2D eigenvalue weighted by atomic mass is 9.84. The zero-order chi connectivity index (χ0) is 13.0. The first kappa shape index (κ1) is 12.6. The molecule has 1 N–H and O–H groups in total. The van der Waals surface area contributed by atoms with Crippen LogP contribution in [0.4, 0.5) is 5.82 Å². The van der Waals surface area contributed by atoms with Gasteiger partial charge < -0.3 is 5.32 Å². The summed E-state index contributed by atoms with van der Waals surface area (Å²) in [5.74, 6) is 0.881. The molecule has 3 nitrogen and oxygen atoms in total. The van der Waals surface area contributed by atoms with Gasteiger partial charge in [0.1, 0.15) is 12.1 Å². The lowest BCUT2D eigenvalue weighted by Gasteiger charge is -2.25. The van der Waals surface area contributed by atoms with E-state index in [1.54, 1.807) is 6.33 Å². The van der Waals surface area contributed by atoms with Gasteiger partial charge in [-0.1, -0.05) is 44.2 Å². The van der Waals surface area contributed by atoms with Crippen LogP contribution in [0, 0.1) is 6.92 Å². The Morgan fingerprint density at radius 2 is 1.83 bits per heavy atom. The average molecular weight is 241 g/mol. The number of aromatic nitrogens is 2. The first-order chi connectivity index (χ1) is 8.58. The van der Waals surface area contributed by atoms with E-state index in [-0.39, 0.29) is 5.41 Å². The highest BCUT2D eigenvalue weighted by atomic mass is 15.0. The fourth-order valence-corrected chi connectivity index (χ4v) is 1.85. The fraction of sp³-hybridized carbons (Fsp3) is 0.333. The molecule has 2 rings (SSSR count). The van der Waals surface area contributed by atoms with Crippen LogP contribution in [0.25, 0.3) is 0 Å². The normalized spacial score (nSPS) is 11.3. The minimum absolute atomic E-state index is 0.0696. The van der Waals surface area contributed by atoms with E-state index >= 15 is 0 Å². The highest BCUT2D eigenvalue weighted by Gasteiger charge is 2.19. The van der Waals surface area contributed by atoms with Crippen molar-refractivity contribution in [2.24, 2.45) is 0 Å². The zero-order valence-corrected chi connectivity index (χ0v) is 11.1. The molecule has 0 radical (unpaired) electrons. The van der Waals surface area contributed by atoms with Crippen molar-refractivity contribution in [2.45, 2.75) is 26.2 Å². The molecule has 0 saturated heterocycles. The minimum atomic E-state index is 0.0696. The second-order valence-corrected chi connectivity index (χ2v) is 5.15. The van der Waals surface area contributed by atoms with E-state index in [9.17, 15) is 0 Å². The molecule has 0 fully saturated rings. The van der Waals surface area contributed by atoms with Crippen LogP contribution in [-0.2, 0) is 5.41 Å². The summed E-state index contributed by atoms with van der Waals surface area (Å²) in [5.41, 5.74) is 2.37. The molecule has 2 aromatic rings. The Morgan fingerprint density at radius 3 is 2.50 bits per heavy atom. The van der Waals surface area contributed by atoms with Crippen LogP contribution in [0.2, 0.25) is 0 Å². The predicted octanol–water partition coefficient (Wildman–Crippen LogP) is 3.17. The number of nitrogens with zero attached hydrogens (tertiary/aromatic N) is 2. The van der Waals surface area contributed by atoms with Crippen LogP contribution in [0.15, 0.2) is 42.7 Å². The van der Waals surface area contributed by atoms with Crippen LogP contribution in [-0.4, -0.2) is 16.5 Å². The van der Waals surface area contributed by atoms with Crippen molar-refractivity contribution >= 4 is 5.82 Å². The molecule has 0 aliphatic heterocycles. The molecule has 0 aliphatic carbocycles. The first-order valence-corrected chi connectivity index (χ1v) is 6.16. The highest BCUT2D eigenvalue weighted by molar-refractivity contribution is 5.36. The average Bonchev–Trinajstić information content (AvgIpc) is 2.38. The molecular formula is C15H19N3. The molecule has 18 heavy (non-hydrogen) atoms. The third-order valence-electron chi connectivity index (χ3n) is 3.07. The van der Waals surface area contributed by atoms with Gasteiger partial charge in [0.25, 0.3) is 0 Å². The Hall–Kier alpha value is -1.90. The minimum Gasteiger partial charge on any atom is -0.369 e. The molecule has 0 saturated carbocycles. The zero-order valence-electron chi connectivity index (χ0n) is 11.1. The second kappa shape index (κ2) is 5.17. The van der Waals surface area contributed by atoms with Crippen molar-refractivity contribution in [1.29, 1.82) is 0 Å². The topological polar surface area (TPSA) is 37.8 Å². The van der Waals surface area contributed by atoms with Gasteiger partial charge in [0.05, 0.1) is 0 Å². The summed E-state index contributed by atoms with van der Waals surface area (Å²) in [4.78, 5) is 8.31. The van der Waals surface area contributed by atoms with Crippen molar-refractivity contribution in [3.05, 3.63) is 54.0 Å². The van der Waals surface area contributed by atoms with Gasteiger partial charge in [-0.15, -0.1) is 0 Å². The van der Waals surface area contributed by atoms with E-state index in [4.69, 9.17) is 0 Å². The molecule has 0 atom stereocenters. The van der Waals surface area contributed by atoms with E-state index in [1.165, 1.54) is 5.56 Å². The van der Waals surface area contributed by atoms with E-state index < -0.39 is 0 Å². The number of aryl methyl sites for hydroxylation is 1. The Balaban J connectivity index is 2.05. The quantitative estimate of drug-likeness (QED) is 0.893. The monoisotopic (exact) mass is 241 g/mol. The number of hydrogen-bond donors (Lipinski definition) is 1. The van der Waals surface area contributed by atoms with Crippen molar-refractivity contribution < 1.29 is 0 Å². The summed E-state index contributed by atoms with van der Waals surface area (Å²) < 4.78 is 0. The van der Waals surface area contributed by atoms with Gasteiger partial charge >= 0.3 is 0 Å². The van der Waals surface area contributed by atoms with Gasteiger partial charge in [0, 0.05) is 23.7 Å². The van der Waals surface area contributed by atoms with E-state index in [2.05, 4.69) is 53.4 Å². The summed E-state index contributed by atoms with van der Waals surface area (Å²) in [5, 5.41) is 3.37. The molecule has 94 valence electrons. The van der Waals surface area contributed by atoms with Crippen molar-refractivity contribution in [3.8, 4) is 0 Å². The molecule has 0 spiro atoms. The summed E-state index contributed by atoms with van der Waals surface area (Å²) in [7, 11) is 0. The van der Waals surface area contributed by atoms with Crippen LogP contribution < -0.4 is 5.32 Å². The van der Waals surface area contributed by atoms with Crippen LogP contribution >= 0.6 is 0 Å². The van der Waals surface area contributed by atoms with Crippen LogP contribution in [0.3, 0.4) is 0 Å². The number of nitrogens with one attached hydrogen (secondary N) is 1. The van der Waals surface area contributed by atoms with Gasteiger partial charge in [0.2, 0.25) is 0 Å². The number of benzene rings is 1. The van der Waals surface area contributed by atoms with E-state index in [1.807, 2.05) is 19.1 Å². The van der Waals surface area contributed by atoms with Crippen LogP contribution in [0.5, 0.6) is 0 Å². The maximum Gasteiger partial charge on any atom is 0.129 e. The predicted molar refractivity (Wildman–Crippen MR) is 74.7 cm³/mol. The van der Waals surface area contributed by atoms with Gasteiger partial charge in [-0.3, -0.25) is 0 Å². The van der Waals surface area contributed by atoms with E-state index in [0.29, 0.717) is 0 Å². The first-order valence-electron chi connectivity index (χ1n) is 6.16. The second-order valence-electron chi connectivity index (χ2n) is 5.15. The Kier molecular flexibility index (Phi) is 3.60. The Labute approximate surface area is 108 Å². The van der Waals surface area contributed by atoms with Gasteiger partial charge in [-0.25, -0.2) is 9.97 Å². The van der Waals surface area contributed by atoms with Gasteiger partial charge in [-0.05, 0) is 12.5 Å². The molecule has 1 heterocycles. The number of rotatable bonds is 4. The maximum atomic E-state index is 4.21. The summed E-state index contributed by atoms with van der Waals surface area (Å²) in [6.45, 7) is 7.26. The maximum absolute atomic E-state index is 4.21. The third-order valence-corrected chi connectivity index (χ3v) is 3.07. The molecule has 0 unspecified atom stereocenters. The summed E-state index contributed by atoms with van der Waals surface area (Å²) >= 11 is 0. The molecule has 0 amide bonds. The third kappa shape index (κ3) is 3.06. The Morgan fingerprint density at radius 1 is 1.11 bits per heavy atom. The lowest BCUT2D eigenvalue weighted by molar-refractivity contribution is 0.556. The molecule has 1 aromatic carbocycles. The molecule has 3 heteroatoms. The van der Waals surface area contributed by atoms with Crippen LogP contribution in [0.1, 0.15) is 25.1 Å². The molecule has 0 bridgehead atoms. The number of hydrogen-bond acceptors (Lipinski definition) is 3. The smallest absolute Gasteiger partial charge is 0.129 e. The van der Waals surface area contributed by atoms with Crippen molar-refractivity contribution in [3.63, 3.8) is 0 Å². The number of anilines is 1. The lowest BCUT2D eigenvalue weighted by Crippen LogP contribution is -2.27. The molecule has 1 aromatic heterocycles.